The van der Waals surface area contributed by atoms with Gasteiger partial charge in [0.15, 0.2) is 10.9 Å². The number of benzene rings is 2. The molecule has 0 unspecified atom stereocenters. The number of para-hydroxylation sites is 1. The van der Waals surface area contributed by atoms with Crippen molar-refractivity contribution in [1.29, 1.82) is 0 Å². The maximum atomic E-state index is 13.4. The van der Waals surface area contributed by atoms with E-state index < -0.39 is 0 Å². The fourth-order valence-electron chi connectivity index (χ4n) is 2.89. The van der Waals surface area contributed by atoms with Crippen LogP contribution in [-0.4, -0.2) is 20.3 Å². The van der Waals surface area contributed by atoms with E-state index in [4.69, 9.17) is 0 Å². The second-order valence-electron chi connectivity index (χ2n) is 5.84. The van der Waals surface area contributed by atoms with E-state index in [2.05, 4.69) is 9.97 Å². The highest BCUT2D eigenvalue weighted by Gasteiger charge is 2.26. The van der Waals surface area contributed by atoms with E-state index in [9.17, 15) is 4.79 Å². The van der Waals surface area contributed by atoms with E-state index >= 15 is 0 Å². The van der Waals surface area contributed by atoms with E-state index in [0.29, 0.717) is 5.56 Å². The summed E-state index contributed by atoms with van der Waals surface area (Å²) in [5.41, 5.74) is 2.66. The molecular weight excluding hydrogens is 330 g/mol. The summed E-state index contributed by atoms with van der Waals surface area (Å²) in [6, 6.07) is 17.7. The number of fused-ring (bicyclic) bond motifs is 1. The number of nitrogens with zero attached hydrogens (tertiary/aromatic N) is 2. The van der Waals surface area contributed by atoms with Gasteiger partial charge in [0, 0.05) is 42.1 Å². The Morgan fingerprint density at radius 3 is 2.64 bits per heavy atom. The van der Waals surface area contributed by atoms with Crippen LogP contribution in [-0.2, 0) is 7.05 Å². The van der Waals surface area contributed by atoms with Gasteiger partial charge in [-0.25, -0.2) is 4.98 Å². The number of rotatable bonds is 5. The molecule has 2 aromatic heterocycles. The Morgan fingerprint density at radius 2 is 1.88 bits per heavy atom. The molecule has 5 heteroatoms. The normalized spacial score (nSPS) is 12.4. The van der Waals surface area contributed by atoms with E-state index in [1.54, 1.807) is 6.20 Å². The highest BCUT2D eigenvalue weighted by atomic mass is 32.2. The number of hydrogen-bond acceptors (Lipinski definition) is 3. The molecule has 0 saturated heterocycles. The zero-order valence-corrected chi connectivity index (χ0v) is 14.5. The first-order chi connectivity index (χ1) is 12.2. The van der Waals surface area contributed by atoms with Crippen LogP contribution in [0.3, 0.4) is 0 Å². The Morgan fingerprint density at radius 1 is 1.12 bits per heavy atom. The first-order valence-corrected chi connectivity index (χ1v) is 8.91. The minimum atomic E-state index is -0.346. The number of imidazole rings is 1. The zero-order valence-electron chi connectivity index (χ0n) is 13.7. The van der Waals surface area contributed by atoms with E-state index in [0.717, 1.165) is 21.6 Å². The maximum Gasteiger partial charge on any atom is 0.182 e. The summed E-state index contributed by atoms with van der Waals surface area (Å²) in [7, 11) is 1.94. The zero-order chi connectivity index (χ0) is 17.2. The van der Waals surface area contributed by atoms with Crippen molar-refractivity contribution in [1.82, 2.24) is 14.5 Å². The van der Waals surface area contributed by atoms with Gasteiger partial charge in [0.2, 0.25) is 0 Å². The SMILES string of the molecule is Cn1ccnc1S[C@@H](C(=O)c1c[nH]c2ccccc12)c1ccccc1. The lowest BCUT2D eigenvalue weighted by molar-refractivity contribution is 0.0991. The number of H-pyrrole nitrogens is 1. The predicted octanol–water partition coefficient (Wildman–Crippen LogP) is 4.62. The summed E-state index contributed by atoms with van der Waals surface area (Å²) in [6.07, 6.45) is 5.45. The summed E-state index contributed by atoms with van der Waals surface area (Å²) in [6.45, 7) is 0. The third kappa shape index (κ3) is 2.98. The Balaban J connectivity index is 1.77. The number of aromatic amines is 1. The highest BCUT2D eigenvalue weighted by Crippen LogP contribution is 2.38. The molecule has 0 aliphatic carbocycles. The number of hydrogen-bond donors (Lipinski definition) is 1. The Kier molecular flexibility index (Phi) is 4.15. The smallest absolute Gasteiger partial charge is 0.182 e. The molecule has 0 fully saturated rings. The van der Waals surface area contributed by atoms with Gasteiger partial charge in [-0.3, -0.25) is 4.79 Å². The first kappa shape index (κ1) is 15.7. The van der Waals surface area contributed by atoms with Crippen molar-refractivity contribution in [2.75, 3.05) is 0 Å². The number of carbonyl (C=O) groups excluding carboxylic acids is 1. The Hall–Kier alpha value is -2.79. The lowest BCUT2D eigenvalue weighted by Crippen LogP contribution is -2.10. The fourth-order valence-corrected chi connectivity index (χ4v) is 3.98. The number of Topliss-reactive ketones (excluding diaryl/α,β-unsaturated/α-hetero) is 1. The van der Waals surface area contributed by atoms with Crippen molar-refractivity contribution in [2.24, 2.45) is 7.05 Å². The number of nitrogens with one attached hydrogen (secondary N) is 1. The summed E-state index contributed by atoms with van der Waals surface area (Å²) < 4.78 is 1.93. The second-order valence-corrected chi connectivity index (χ2v) is 6.91. The van der Waals surface area contributed by atoms with Crippen molar-refractivity contribution in [3.63, 3.8) is 0 Å². The largest absolute Gasteiger partial charge is 0.360 e. The topological polar surface area (TPSA) is 50.7 Å². The van der Waals surface area contributed by atoms with Crippen molar-refractivity contribution >= 4 is 28.4 Å². The fraction of sp³-hybridized carbons (Fsp3) is 0.100. The molecule has 0 saturated carbocycles. The molecule has 0 aliphatic heterocycles. The van der Waals surface area contributed by atoms with Crippen LogP contribution in [0.4, 0.5) is 0 Å². The number of aromatic nitrogens is 3. The Bertz CT molecular complexity index is 1020. The van der Waals surface area contributed by atoms with Gasteiger partial charge in [-0.15, -0.1) is 0 Å². The van der Waals surface area contributed by atoms with Gasteiger partial charge in [-0.1, -0.05) is 60.3 Å². The molecule has 0 aliphatic rings. The van der Waals surface area contributed by atoms with Crippen molar-refractivity contribution < 1.29 is 4.79 Å². The van der Waals surface area contributed by atoms with Crippen LogP contribution in [0.25, 0.3) is 10.9 Å². The lowest BCUT2D eigenvalue weighted by Gasteiger charge is -2.15. The van der Waals surface area contributed by atoms with E-state index in [1.165, 1.54) is 11.8 Å². The first-order valence-electron chi connectivity index (χ1n) is 8.03. The monoisotopic (exact) mass is 347 g/mol. The number of thioether (sulfide) groups is 1. The molecule has 4 nitrogen and oxygen atoms in total. The second kappa shape index (κ2) is 6.61. The van der Waals surface area contributed by atoms with Gasteiger partial charge >= 0.3 is 0 Å². The maximum absolute atomic E-state index is 13.4. The molecule has 1 N–H and O–H groups in total. The molecule has 4 aromatic rings. The van der Waals surface area contributed by atoms with E-state index in [1.807, 2.05) is 78.6 Å². The predicted molar refractivity (Wildman–Crippen MR) is 101 cm³/mol. The van der Waals surface area contributed by atoms with Gasteiger partial charge in [0.25, 0.3) is 0 Å². The molecule has 124 valence electrons. The van der Waals surface area contributed by atoms with Crippen LogP contribution in [0.1, 0.15) is 21.2 Å². The van der Waals surface area contributed by atoms with Gasteiger partial charge in [-0.2, -0.15) is 0 Å². The molecule has 0 amide bonds. The van der Waals surface area contributed by atoms with Crippen LogP contribution in [0.5, 0.6) is 0 Å². The standard InChI is InChI=1S/C20H17N3OS/c1-23-12-11-21-20(23)25-19(14-7-3-2-4-8-14)18(24)16-13-22-17-10-6-5-9-15(16)17/h2-13,19,22H,1H3/t19-/m1/s1. The molecule has 1 atom stereocenters. The van der Waals surface area contributed by atoms with Gasteiger partial charge in [-0.05, 0) is 11.6 Å². The third-order valence-electron chi connectivity index (χ3n) is 4.20. The van der Waals surface area contributed by atoms with Crippen LogP contribution in [0, 0.1) is 0 Å². The van der Waals surface area contributed by atoms with Crippen molar-refractivity contribution in [2.45, 2.75) is 10.4 Å². The molecule has 0 bridgehead atoms. The molecule has 4 rings (SSSR count). The van der Waals surface area contributed by atoms with E-state index in [-0.39, 0.29) is 11.0 Å². The van der Waals surface area contributed by atoms with Crippen molar-refractivity contribution in [3.05, 3.63) is 84.3 Å². The Labute approximate surface area is 149 Å². The molecule has 2 aromatic carbocycles. The molecule has 25 heavy (non-hydrogen) atoms. The van der Waals surface area contributed by atoms with Crippen LogP contribution in [0.15, 0.2) is 78.3 Å². The van der Waals surface area contributed by atoms with Gasteiger partial charge < -0.3 is 9.55 Å². The summed E-state index contributed by atoms with van der Waals surface area (Å²) >= 11 is 1.48. The number of carbonyl (C=O) groups is 1. The van der Waals surface area contributed by atoms with Crippen LogP contribution < -0.4 is 0 Å². The highest BCUT2D eigenvalue weighted by molar-refractivity contribution is 8.00. The van der Waals surface area contributed by atoms with Gasteiger partial charge in [0.1, 0.15) is 5.25 Å². The van der Waals surface area contributed by atoms with Crippen LogP contribution >= 0.6 is 11.8 Å². The quantitative estimate of drug-likeness (QED) is 0.423. The summed E-state index contributed by atoms with van der Waals surface area (Å²) in [5, 5.41) is 1.43. The third-order valence-corrected chi connectivity index (χ3v) is 5.52. The molecule has 0 radical (unpaired) electrons. The lowest BCUT2D eigenvalue weighted by atomic mass is 10.0. The number of ketones is 1. The average molecular weight is 347 g/mol. The van der Waals surface area contributed by atoms with Crippen LogP contribution in [0.2, 0.25) is 0 Å². The minimum Gasteiger partial charge on any atom is -0.360 e. The van der Waals surface area contributed by atoms with Gasteiger partial charge in [0.05, 0.1) is 0 Å². The minimum absolute atomic E-state index is 0.0802. The van der Waals surface area contributed by atoms with Crippen molar-refractivity contribution in [3.8, 4) is 0 Å². The molecule has 2 heterocycles. The average Bonchev–Trinajstić information content (AvgIpc) is 3.26. The summed E-state index contributed by atoms with van der Waals surface area (Å²) in [5.74, 6) is 0.0802. The summed E-state index contributed by atoms with van der Waals surface area (Å²) in [4.78, 5) is 20.9. The molecular formula is C20H17N3OS. The molecule has 0 spiro atoms. The number of aryl methyl sites for hydroxylation is 1.